The summed E-state index contributed by atoms with van der Waals surface area (Å²) in [4.78, 5) is 3.78. The lowest BCUT2D eigenvalue weighted by atomic mass is 10.1. The number of pyridine rings is 1. The zero-order valence-electron chi connectivity index (χ0n) is 13.8. The Hall–Kier alpha value is -3.36. The quantitative estimate of drug-likeness (QED) is 0.419. The molecule has 7 nitrogen and oxygen atoms in total. The summed E-state index contributed by atoms with van der Waals surface area (Å²) in [6.07, 6.45) is 1.66. The van der Waals surface area contributed by atoms with Crippen LogP contribution in [0.4, 0.5) is 11.4 Å². The minimum atomic E-state index is -4.76. The van der Waals surface area contributed by atoms with E-state index in [-0.39, 0.29) is 22.2 Å². The molecule has 8 heteroatoms. The number of hydrogen-bond donors (Lipinski definition) is 1. The molecule has 1 heterocycles. The van der Waals surface area contributed by atoms with E-state index in [0.29, 0.717) is 5.69 Å². The van der Waals surface area contributed by atoms with Crippen LogP contribution in [-0.4, -0.2) is 23.1 Å². The molecule has 1 N–H and O–H groups in total. The van der Waals surface area contributed by atoms with Gasteiger partial charge >= 0.3 is 0 Å². The molecular weight excluding hydrogens is 366 g/mol. The summed E-state index contributed by atoms with van der Waals surface area (Å²) in [5.74, 6) is -0.250. The summed E-state index contributed by atoms with van der Waals surface area (Å²) < 4.78 is 34.9. The largest absolute Gasteiger partial charge is 0.744 e. The van der Waals surface area contributed by atoms with Gasteiger partial charge in [0.2, 0.25) is 0 Å². The number of fused-ring (bicyclic) bond motifs is 2. The first-order valence-corrected chi connectivity index (χ1v) is 9.32. The first-order chi connectivity index (χ1) is 12.9. The van der Waals surface area contributed by atoms with Gasteiger partial charge in [0.15, 0.2) is 5.75 Å². The number of aromatic nitrogens is 1. The molecule has 0 unspecified atom stereocenters. The SMILES string of the molecule is O=S(=O)([O-])c1cc(N=Nc2cccc3ncccc23)c(O)c2ccccc12. The normalized spacial score (nSPS) is 12.2. The van der Waals surface area contributed by atoms with Crippen molar-refractivity contribution in [2.45, 2.75) is 4.90 Å². The maximum absolute atomic E-state index is 11.6. The number of benzene rings is 3. The van der Waals surface area contributed by atoms with Gasteiger partial charge in [-0.1, -0.05) is 30.3 Å². The summed E-state index contributed by atoms with van der Waals surface area (Å²) >= 11 is 0. The van der Waals surface area contributed by atoms with E-state index in [1.165, 1.54) is 12.1 Å². The lowest BCUT2D eigenvalue weighted by Gasteiger charge is -2.13. The molecule has 0 radical (unpaired) electrons. The lowest BCUT2D eigenvalue weighted by molar-refractivity contribution is 0.463. The molecule has 0 aliphatic rings. The van der Waals surface area contributed by atoms with Gasteiger partial charge in [-0.3, -0.25) is 4.98 Å². The van der Waals surface area contributed by atoms with E-state index >= 15 is 0 Å². The summed E-state index contributed by atoms with van der Waals surface area (Å²) in [6, 6.07) is 16.1. The van der Waals surface area contributed by atoms with Crippen molar-refractivity contribution in [1.82, 2.24) is 4.98 Å². The third-order valence-corrected chi connectivity index (χ3v) is 4.99. The highest BCUT2D eigenvalue weighted by atomic mass is 32.2. The molecule has 4 rings (SSSR count). The predicted molar refractivity (Wildman–Crippen MR) is 99.5 cm³/mol. The van der Waals surface area contributed by atoms with Crippen LogP contribution in [-0.2, 0) is 10.1 Å². The third-order valence-electron chi connectivity index (χ3n) is 4.12. The molecule has 4 aromatic rings. The zero-order valence-corrected chi connectivity index (χ0v) is 14.6. The molecule has 1 aromatic heterocycles. The van der Waals surface area contributed by atoms with Crippen LogP contribution in [0.25, 0.3) is 21.7 Å². The fourth-order valence-corrected chi connectivity index (χ4v) is 3.58. The summed E-state index contributed by atoms with van der Waals surface area (Å²) in [5.41, 5.74) is 1.11. The molecule has 27 heavy (non-hydrogen) atoms. The van der Waals surface area contributed by atoms with Crippen LogP contribution in [0.1, 0.15) is 0 Å². The van der Waals surface area contributed by atoms with Crippen LogP contribution in [0.5, 0.6) is 5.75 Å². The second-order valence-corrected chi connectivity index (χ2v) is 7.14. The van der Waals surface area contributed by atoms with Crippen molar-refractivity contribution < 1.29 is 18.1 Å². The highest BCUT2D eigenvalue weighted by molar-refractivity contribution is 7.86. The van der Waals surface area contributed by atoms with Gasteiger partial charge in [0, 0.05) is 22.4 Å². The number of azo groups is 1. The molecule has 0 atom stereocenters. The van der Waals surface area contributed by atoms with E-state index in [0.717, 1.165) is 17.0 Å². The van der Waals surface area contributed by atoms with Crippen molar-refractivity contribution in [2.75, 3.05) is 0 Å². The molecule has 0 saturated carbocycles. The number of rotatable bonds is 3. The minimum absolute atomic E-state index is 0.107. The van der Waals surface area contributed by atoms with Gasteiger partial charge in [0.25, 0.3) is 0 Å². The van der Waals surface area contributed by atoms with Gasteiger partial charge in [-0.25, -0.2) is 8.42 Å². The number of phenolic OH excluding ortho intramolecular Hbond substituents is 1. The Morgan fingerprint density at radius 2 is 1.56 bits per heavy atom. The molecule has 0 fully saturated rings. The van der Waals surface area contributed by atoms with E-state index < -0.39 is 15.0 Å². The number of hydrogen-bond acceptors (Lipinski definition) is 7. The Morgan fingerprint density at radius 3 is 2.33 bits per heavy atom. The van der Waals surface area contributed by atoms with Crippen LogP contribution in [0.2, 0.25) is 0 Å². The monoisotopic (exact) mass is 378 g/mol. The van der Waals surface area contributed by atoms with Crippen molar-refractivity contribution in [3.05, 3.63) is 66.9 Å². The first kappa shape index (κ1) is 17.1. The molecule has 0 bridgehead atoms. The van der Waals surface area contributed by atoms with Crippen LogP contribution >= 0.6 is 0 Å². The smallest absolute Gasteiger partial charge is 0.150 e. The van der Waals surface area contributed by atoms with Crippen LogP contribution in [0.15, 0.2) is 82.0 Å². The van der Waals surface area contributed by atoms with Gasteiger partial charge in [-0.05, 0) is 30.3 Å². The minimum Gasteiger partial charge on any atom is -0.744 e. The Balaban J connectivity index is 1.92. The topological polar surface area (TPSA) is 115 Å². The zero-order chi connectivity index (χ0) is 19.0. The number of phenols is 1. The molecule has 0 saturated heterocycles. The van der Waals surface area contributed by atoms with Gasteiger partial charge in [0.05, 0.1) is 16.1 Å². The maximum Gasteiger partial charge on any atom is 0.150 e. The molecule has 0 aliphatic heterocycles. The average Bonchev–Trinajstić information content (AvgIpc) is 2.66. The standard InChI is InChI=1S/C19H13N3O4S/c23-19-13-6-2-1-5-12(13)18(27(24,25)26)11-17(19)22-21-16-9-3-8-15-14(16)7-4-10-20-15/h1-11,23H,(H,24,25,26)/p-1. The van der Waals surface area contributed by atoms with Gasteiger partial charge in [-0.15, -0.1) is 10.2 Å². The van der Waals surface area contributed by atoms with E-state index in [9.17, 15) is 18.1 Å². The highest BCUT2D eigenvalue weighted by Gasteiger charge is 2.15. The summed E-state index contributed by atoms with van der Waals surface area (Å²) in [6.45, 7) is 0. The number of nitrogens with zero attached hydrogens (tertiary/aromatic N) is 3. The second kappa shape index (κ2) is 6.42. The Kier molecular flexibility index (Phi) is 4.06. The fraction of sp³-hybridized carbons (Fsp3) is 0. The predicted octanol–water partition coefficient (Wildman–Crippen LogP) is 4.41. The molecule has 3 aromatic carbocycles. The Labute approximate surface area is 154 Å². The summed E-state index contributed by atoms with van der Waals surface area (Å²) in [5, 5.41) is 19.7. The van der Waals surface area contributed by atoms with Gasteiger partial charge in [0.1, 0.15) is 15.8 Å². The summed E-state index contributed by atoms with van der Waals surface area (Å²) in [7, 11) is -4.76. The van der Waals surface area contributed by atoms with Crippen molar-refractivity contribution in [3.8, 4) is 5.75 Å². The van der Waals surface area contributed by atoms with Crippen LogP contribution in [0.3, 0.4) is 0 Å². The maximum atomic E-state index is 11.6. The van der Waals surface area contributed by atoms with E-state index in [1.807, 2.05) is 12.1 Å². The van der Waals surface area contributed by atoms with Crippen molar-refractivity contribution in [3.63, 3.8) is 0 Å². The van der Waals surface area contributed by atoms with Gasteiger partial charge in [-0.2, -0.15) is 0 Å². The molecule has 0 aliphatic carbocycles. The van der Waals surface area contributed by atoms with Crippen LogP contribution < -0.4 is 0 Å². The molecule has 0 spiro atoms. The molecule has 134 valence electrons. The average molecular weight is 378 g/mol. The second-order valence-electron chi connectivity index (χ2n) is 5.79. The van der Waals surface area contributed by atoms with Crippen molar-refractivity contribution in [1.29, 1.82) is 0 Å². The highest BCUT2D eigenvalue weighted by Crippen LogP contribution is 2.39. The van der Waals surface area contributed by atoms with E-state index in [1.54, 1.807) is 36.5 Å². The fourth-order valence-electron chi connectivity index (χ4n) is 2.88. The molecular formula is C19H12N3O4S-. The van der Waals surface area contributed by atoms with E-state index in [2.05, 4.69) is 15.2 Å². The van der Waals surface area contributed by atoms with Gasteiger partial charge < -0.3 is 9.66 Å². The van der Waals surface area contributed by atoms with Crippen molar-refractivity contribution >= 4 is 43.2 Å². The van der Waals surface area contributed by atoms with E-state index in [4.69, 9.17) is 0 Å². The Morgan fingerprint density at radius 1 is 0.852 bits per heavy atom. The first-order valence-electron chi connectivity index (χ1n) is 7.91. The lowest BCUT2D eigenvalue weighted by Crippen LogP contribution is -1.99. The molecule has 0 amide bonds. The van der Waals surface area contributed by atoms with Crippen LogP contribution in [0, 0.1) is 0 Å². The third kappa shape index (κ3) is 3.12. The van der Waals surface area contributed by atoms with Crippen molar-refractivity contribution in [2.24, 2.45) is 10.2 Å². The Bertz CT molecular complexity index is 1310. The number of aromatic hydroxyl groups is 1.